The van der Waals surface area contributed by atoms with Crippen LogP contribution >= 0.6 is 22.9 Å². The zero-order valence-electron chi connectivity index (χ0n) is 13.6. The second-order valence-electron chi connectivity index (χ2n) is 5.43. The summed E-state index contributed by atoms with van der Waals surface area (Å²) in [6, 6.07) is 12.6. The van der Waals surface area contributed by atoms with Crippen molar-refractivity contribution in [3.8, 4) is 17.1 Å². The topological polar surface area (TPSA) is 81.4 Å². The maximum atomic E-state index is 12.9. The zero-order chi connectivity index (χ0) is 18.8. The number of anilines is 1. The highest BCUT2D eigenvalue weighted by atomic mass is 35.5. The van der Waals surface area contributed by atoms with Crippen LogP contribution in [0.25, 0.3) is 16.3 Å². The number of hydrogen-bond donors (Lipinski definition) is 1. The highest BCUT2D eigenvalue weighted by Gasteiger charge is 2.15. The van der Waals surface area contributed by atoms with Gasteiger partial charge < -0.3 is 4.74 Å². The van der Waals surface area contributed by atoms with Crippen molar-refractivity contribution in [2.45, 2.75) is 0 Å². The van der Waals surface area contributed by atoms with Crippen molar-refractivity contribution in [3.63, 3.8) is 0 Å². The zero-order valence-corrected chi connectivity index (χ0v) is 15.2. The minimum atomic E-state index is -0.395. The summed E-state index contributed by atoms with van der Waals surface area (Å²) in [5.74, 6) is 0.149. The molecule has 0 saturated carbocycles. The fourth-order valence-corrected chi connectivity index (χ4v) is 3.26. The van der Waals surface area contributed by atoms with E-state index in [0.29, 0.717) is 26.7 Å². The number of aromatic nitrogens is 4. The molecule has 0 bridgehead atoms. The van der Waals surface area contributed by atoms with E-state index in [9.17, 15) is 9.18 Å². The number of ether oxygens (including phenoxy) is 1. The molecule has 27 heavy (non-hydrogen) atoms. The first kappa shape index (κ1) is 17.4. The smallest absolute Gasteiger partial charge is 0.264 e. The molecular formula is C17H11ClFN5O2S. The van der Waals surface area contributed by atoms with Crippen molar-refractivity contribution >= 4 is 38.9 Å². The molecule has 0 unspecified atom stereocenters. The molecule has 136 valence electrons. The number of benzene rings is 2. The molecule has 0 spiro atoms. The lowest BCUT2D eigenvalue weighted by molar-refractivity contribution is -0.118. The molecule has 2 heterocycles. The summed E-state index contributed by atoms with van der Waals surface area (Å²) in [7, 11) is 0. The average Bonchev–Trinajstić information content (AvgIpc) is 3.21. The molecule has 0 aliphatic heterocycles. The average molecular weight is 404 g/mol. The second kappa shape index (κ2) is 7.29. The fourth-order valence-electron chi connectivity index (χ4n) is 2.31. The predicted octanol–water partition coefficient (Wildman–Crippen LogP) is 3.66. The Bertz CT molecular complexity index is 1110. The Morgan fingerprint density at radius 1 is 1.22 bits per heavy atom. The van der Waals surface area contributed by atoms with Gasteiger partial charge in [-0.1, -0.05) is 35.1 Å². The minimum absolute atomic E-state index is 0.229. The van der Waals surface area contributed by atoms with Crippen molar-refractivity contribution < 1.29 is 13.9 Å². The Hall–Kier alpha value is -3.04. The van der Waals surface area contributed by atoms with E-state index in [-0.39, 0.29) is 12.4 Å². The summed E-state index contributed by atoms with van der Waals surface area (Å²) >= 11 is 7.19. The molecule has 1 amide bonds. The lowest BCUT2D eigenvalue weighted by Gasteiger charge is -2.05. The van der Waals surface area contributed by atoms with Gasteiger partial charge >= 0.3 is 0 Å². The molecule has 2 aromatic carbocycles. The van der Waals surface area contributed by atoms with Crippen LogP contribution in [0.5, 0.6) is 5.75 Å². The Labute approximate surface area is 161 Å². The van der Waals surface area contributed by atoms with Gasteiger partial charge in [0, 0.05) is 10.6 Å². The Kier molecular flexibility index (Phi) is 4.69. The van der Waals surface area contributed by atoms with Crippen molar-refractivity contribution in [1.82, 2.24) is 19.8 Å². The highest BCUT2D eigenvalue weighted by Crippen LogP contribution is 2.25. The van der Waals surface area contributed by atoms with Gasteiger partial charge in [0.25, 0.3) is 5.91 Å². The number of fused-ring (bicyclic) bond motifs is 1. The fraction of sp³-hybridized carbons (Fsp3) is 0.0588. The van der Waals surface area contributed by atoms with Crippen molar-refractivity contribution in [2.24, 2.45) is 0 Å². The number of hydrogen-bond acceptors (Lipinski definition) is 6. The van der Waals surface area contributed by atoms with Crippen molar-refractivity contribution in [1.29, 1.82) is 0 Å². The quantitative estimate of drug-likeness (QED) is 0.550. The molecule has 2 aromatic heterocycles. The molecular weight excluding hydrogens is 393 g/mol. The molecule has 4 rings (SSSR count). The molecule has 4 aromatic rings. The predicted molar refractivity (Wildman–Crippen MR) is 99.6 cm³/mol. The molecule has 7 nitrogen and oxygen atoms in total. The summed E-state index contributed by atoms with van der Waals surface area (Å²) in [5, 5.41) is 16.1. The molecule has 0 aliphatic carbocycles. The van der Waals surface area contributed by atoms with E-state index < -0.39 is 5.91 Å². The lowest BCUT2D eigenvalue weighted by atomic mass is 10.2. The molecule has 0 fully saturated rings. The molecule has 0 aliphatic rings. The third kappa shape index (κ3) is 3.88. The number of nitrogens with zero attached hydrogens (tertiary/aromatic N) is 4. The summed E-state index contributed by atoms with van der Waals surface area (Å²) in [5.41, 5.74) is 0.762. The van der Waals surface area contributed by atoms with E-state index in [1.165, 1.54) is 40.1 Å². The Morgan fingerprint density at radius 3 is 2.81 bits per heavy atom. The monoisotopic (exact) mass is 403 g/mol. The van der Waals surface area contributed by atoms with Crippen LogP contribution in [0.15, 0.2) is 48.5 Å². The minimum Gasteiger partial charge on any atom is -0.484 e. The summed E-state index contributed by atoms with van der Waals surface area (Å²) in [6.07, 6.45) is 0. The Balaban J connectivity index is 1.46. The van der Waals surface area contributed by atoms with Gasteiger partial charge in [0.1, 0.15) is 11.6 Å². The normalized spacial score (nSPS) is 10.9. The number of rotatable bonds is 5. The summed E-state index contributed by atoms with van der Waals surface area (Å²) in [4.78, 5) is 12.6. The van der Waals surface area contributed by atoms with Gasteiger partial charge in [-0.25, -0.2) is 4.39 Å². The summed E-state index contributed by atoms with van der Waals surface area (Å²) in [6.45, 7) is -0.229. The van der Waals surface area contributed by atoms with Gasteiger partial charge in [0.05, 0.1) is 0 Å². The third-order valence-corrected chi connectivity index (χ3v) is 4.55. The third-order valence-electron chi connectivity index (χ3n) is 3.50. The largest absolute Gasteiger partial charge is 0.484 e. The number of halogens is 2. The van der Waals surface area contributed by atoms with Crippen molar-refractivity contribution in [3.05, 3.63) is 59.4 Å². The van der Waals surface area contributed by atoms with E-state index in [0.717, 1.165) is 5.56 Å². The highest BCUT2D eigenvalue weighted by molar-refractivity contribution is 7.20. The maximum absolute atomic E-state index is 12.9. The second-order valence-corrected chi connectivity index (χ2v) is 6.82. The van der Waals surface area contributed by atoms with Crippen LogP contribution < -0.4 is 10.1 Å². The van der Waals surface area contributed by atoms with Gasteiger partial charge in [-0.15, -0.1) is 15.3 Å². The van der Waals surface area contributed by atoms with Gasteiger partial charge in [-0.3, -0.25) is 10.1 Å². The van der Waals surface area contributed by atoms with Crippen LogP contribution in [0.4, 0.5) is 9.52 Å². The van der Waals surface area contributed by atoms with E-state index in [1.807, 2.05) is 6.07 Å². The van der Waals surface area contributed by atoms with E-state index >= 15 is 0 Å². The Morgan fingerprint density at radius 2 is 2.04 bits per heavy atom. The molecule has 0 radical (unpaired) electrons. The van der Waals surface area contributed by atoms with E-state index in [2.05, 4.69) is 20.6 Å². The molecule has 10 heteroatoms. The van der Waals surface area contributed by atoms with Crippen LogP contribution in [0, 0.1) is 5.82 Å². The first-order valence-electron chi connectivity index (χ1n) is 7.75. The van der Waals surface area contributed by atoms with Gasteiger partial charge in [0.2, 0.25) is 10.1 Å². The number of nitrogens with one attached hydrogen (secondary N) is 1. The molecule has 0 saturated heterocycles. The van der Waals surface area contributed by atoms with Crippen LogP contribution in [0.3, 0.4) is 0 Å². The first-order chi connectivity index (χ1) is 13.1. The summed E-state index contributed by atoms with van der Waals surface area (Å²) < 4.78 is 19.7. The van der Waals surface area contributed by atoms with Gasteiger partial charge in [0.15, 0.2) is 12.4 Å². The lowest BCUT2D eigenvalue weighted by Crippen LogP contribution is -2.20. The maximum Gasteiger partial charge on any atom is 0.264 e. The number of amides is 1. The van der Waals surface area contributed by atoms with Crippen LogP contribution in [0.2, 0.25) is 5.02 Å². The van der Waals surface area contributed by atoms with Crippen LogP contribution in [0.1, 0.15) is 0 Å². The SMILES string of the molecule is O=C(COc1ccc(F)cc1)Nc1nn2c(-c3cccc(Cl)c3)nnc2s1. The number of carbonyl (C=O) groups is 1. The molecule has 1 N–H and O–H groups in total. The standard InChI is InChI=1S/C17H11ClFN5O2S/c18-11-3-1-2-10(8-11)15-21-22-17-24(15)23-16(27-17)20-14(25)9-26-13-6-4-12(19)5-7-13/h1-8H,9H2,(H,20,23,25). The number of carbonyl (C=O) groups excluding carboxylic acids is 1. The van der Waals surface area contributed by atoms with Crippen molar-refractivity contribution in [2.75, 3.05) is 11.9 Å². The first-order valence-corrected chi connectivity index (χ1v) is 8.94. The van der Waals surface area contributed by atoms with E-state index in [4.69, 9.17) is 16.3 Å². The molecule has 0 atom stereocenters. The van der Waals surface area contributed by atoms with E-state index in [1.54, 1.807) is 18.2 Å². The van der Waals surface area contributed by atoms with Gasteiger partial charge in [-0.2, -0.15) is 4.52 Å². The van der Waals surface area contributed by atoms with Crippen LogP contribution in [-0.2, 0) is 4.79 Å². The van der Waals surface area contributed by atoms with Gasteiger partial charge in [-0.05, 0) is 36.4 Å². The van der Waals surface area contributed by atoms with Crippen LogP contribution in [-0.4, -0.2) is 32.3 Å².